The van der Waals surface area contributed by atoms with Crippen LogP contribution >= 0.6 is 0 Å². The van der Waals surface area contributed by atoms with Gasteiger partial charge in [0.2, 0.25) is 5.36 Å². The van der Waals surface area contributed by atoms with Crippen LogP contribution < -0.4 is 31.0 Å². The fraction of sp³-hybridized carbons (Fsp3) is 0.567. The van der Waals surface area contributed by atoms with Crippen LogP contribution in [0.4, 0.5) is 11.4 Å². The van der Waals surface area contributed by atoms with E-state index in [-0.39, 0.29) is 6.42 Å². The number of anilines is 1. The number of benzene rings is 2. The first-order chi connectivity index (χ1) is 17.3. The molecule has 0 atom stereocenters. The lowest BCUT2D eigenvalue weighted by molar-refractivity contribution is -0.137. The largest absolute Gasteiger partial charge is 0.481 e. The topological polar surface area (TPSA) is 64.7 Å². The minimum absolute atomic E-state index is 0.278. The van der Waals surface area contributed by atoms with Crippen LogP contribution in [0.3, 0.4) is 0 Å². The summed E-state index contributed by atoms with van der Waals surface area (Å²) < 4.78 is 2.57. The highest BCUT2D eigenvalue weighted by Crippen LogP contribution is 2.37. The van der Waals surface area contributed by atoms with Gasteiger partial charge in [-0.2, -0.15) is 0 Å². The third kappa shape index (κ3) is 4.31. The summed E-state index contributed by atoms with van der Waals surface area (Å²) in [5.74, 6) is -0.686. The van der Waals surface area contributed by atoms with E-state index in [4.69, 9.17) is 10.1 Å². The number of aliphatic carboxylic acids is 1. The first-order valence-corrected chi connectivity index (χ1v) is 16.2. The number of nitrogens with one attached hydrogen (secondary N) is 1. The molecule has 3 aliphatic rings. The van der Waals surface area contributed by atoms with Crippen LogP contribution in [-0.2, 0) is 17.6 Å². The highest BCUT2D eigenvalue weighted by Gasteiger charge is 2.48. The SMILES string of the molecule is CC(C)[Si]1(C(C)C)c2cc3c(cc2N=c2cc4c(cc21)=[N+](CCCCCC(=O)O)CCC4)CCCN3. The average Bonchev–Trinajstić information content (AvgIpc) is 2.84. The van der Waals surface area contributed by atoms with Crippen molar-refractivity contribution in [3.8, 4) is 0 Å². The van der Waals surface area contributed by atoms with Crippen molar-refractivity contribution in [1.82, 2.24) is 4.58 Å². The van der Waals surface area contributed by atoms with E-state index in [1.165, 1.54) is 56.4 Å². The third-order valence-electron chi connectivity index (χ3n) is 8.84. The third-order valence-corrected chi connectivity index (χ3v) is 15.1. The van der Waals surface area contributed by atoms with Crippen molar-refractivity contribution in [3.63, 3.8) is 0 Å². The molecule has 2 aromatic rings. The molecule has 0 unspecified atom stereocenters. The Morgan fingerprint density at radius 2 is 1.78 bits per heavy atom. The van der Waals surface area contributed by atoms with Crippen molar-refractivity contribution in [1.29, 1.82) is 0 Å². The maximum Gasteiger partial charge on any atom is 0.303 e. The van der Waals surface area contributed by atoms with Gasteiger partial charge in [0.1, 0.15) is 21.2 Å². The van der Waals surface area contributed by atoms with Gasteiger partial charge in [0.25, 0.3) is 0 Å². The highest BCUT2D eigenvalue weighted by atomic mass is 28.3. The van der Waals surface area contributed by atoms with E-state index < -0.39 is 14.0 Å². The lowest BCUT2D eigenvalue weighted by Crippen LogP contribution is -2.69. The van der Waals surface area contributed by atoms with Crippen LogP contribution in [-0.4, -0.2) is 38.8 Å². The van der Waals surface area contributed by atoms with Crippen molar-refractivity contribution in [2.45, 2.75) is 90.1 Å². The smallest absolute Gasteiger partial charge is 0.303 e. The molecule has 3 aliphatic heterocycles. The normalized spacial score (nSPS) is 17.6. The Kier molecular flexibility index (Phi) is 7.08. The zero-order valence-corrected chi connectivity index (χ0v) is 23.5. The quantitative estimate of drug-likeness (QED) is 0.327. The Morgan fingerprint density at radius 1 is 1.00 bits per heavy atom. The summed E-state index contributed by atoms with van der Waals surface area (Å²) in [7, 11) is -2.11. The molecule has 0 radical (unpaired) electrons. The Morgan fingerprint density at radius 3 is 2.53 bits per heavy atom. The van der Waals surface area contributed by atoms with E-state index in [0.29, 0.717) is 11.1 Å². The Balaban J connectivity index is 1.66. The van der Waals surface area contributed by atoms with Crippen LogP contribution in [0.2, 0.25) is 11.1 Å². The number of hydrogen-bond donors (Lipinski definition) is 2. The molecule has 0 spiro atoms. The van der Waals surface area contributed by atoms with Gasteiger partial charge in [-0.3, -0.25) is 4.79 Å². The Bertz CT molecular complexity index is 1290. The molecule has 0 amide bonds. The number of fused-ring (bicyclic) bond motifs is 4. The van der Waals surface area contributed by atoms with Crippen molar-refractivity contribution < 1.29 is 9.90 Å². The van der Waals surface area contributed by atoms with E-state index >= 15 is 0 Å². The van der Waals surface area contributed by atoms with Crippen LogP contribution in [0, 0.1) is 0 Å². The number of unbranched alkanes of at least 4 members (excludes halogenated alkanes) is 2. The fourth-order valence-corrected chi connectivity index (χ4v) is 13.2. The zero-order valence-electron chi connectivity index (χ0n) is 22.5. The van der Waals surface area contributed by atoms with Crippen LogP contribution in [0.15, 0.2) is 29.3 Å². The van der Waals surface area contributed by atoms with Gasteiger partial charge in [-0.1, -0.05) is 27.7 Å². The summed E-state index contributed by atoms with van der Waals surface area (Å²) in [4.78, 5) is 16.2. The van der Waals surface area contributed by atoms with Gasteiger partial charge < -0.3 is 10.4 Å². The second-order valence-electron chi connectivity index (χ2n) is 11.6. The van der Waals surface area contributed by atoms with Crippen LogP contribution in [0.25, 0.3) is 0 Å². The highest BCUT2D eigenvalue weighted by molar-refractivity contribution is 7.05. The number of rotatable bonds is 8. The van der Waals surface area contributed by atoms with E-state index in [1.54, 1.807) is 0 Å². The van der Waals surface area contributed by atoms with Gasteiger partial charge in [-0.05, 0) is 77.3 Å². The summed E-state index contributed by atoms with van der Waals surface area (Å²) in [5.41, 5.74) is 6.56. The minimum Gasteiger partial charge on any atom is -0.481 e. The van der Waals surface area contributed by atoms with Gasteiger partial charge in [0, 0.05) is 43.1 Å². The molecule has 36 heavy (non-hydrogen) atoms. The maximum atomic E-state index is 10.9. The molecule has 0 aromatic heterocycles. The molecule has 192 valence electrons. The number of hydrogen-bond acceptors (Lipinski definition) is 3. The van der Waals surface area contributed by atoms with Gasteiger partial charge >= 0.3 is 5.97 Å². The molecule has 2 N–H and O–H groups in total. The molecule has 6 heteroatoms. The van der Waals surface area contributed by atoms with Gasteiger partial charge in [0.05, 0.1) is 11.0 Å². The summed E-state index contributed by atoms with van der Waals surface area (Å²) in [5, 5.41) is 18.3. The molecule has 5 nitrogen and oxygen atoms in total. The second-order valence-corrected chi connectivity index (χ2v) is 16.8. The number of nitrogens with zero attached hydrogens (tertiary/aromatic N) is 2. The molecule has 3 heterocycles. The fourth-order valence-electron chi connectivity index (χ4n) is 7.22. The van der Waals surface area contributed by atoms with Gasteiger partial charge in [0.15, 0.2) is 0 Å². The van der Waals surface area contributed by atoms with Crippen molar-refractivity contribution in [2.75, 3.05) is 25.0 Å². The second kappa shape index (κ2) is 10.1. The van der Waals surface area contributed by atoms with Crippen molar-refractivity contribution in [2.24, 2.45) is 4.99 Å². The summed E-state index contributed by atoms with van der Waals surface area (Å²) >= 11 is 0. The number of carbonyl (C=O) groups is 1. The summed E-state index contributed by atoms with van der Waals surface area (Å²) in [6, 6.07) is 9.86. The minimum atomic E-state index is -2.11. The first kappa shape index (κ1) is 25.2. The average molecular weight is 505 g/mol. The van der Waals surface area contributed by atoms with Crippen LogP contribution in [0.5, 0.6) is 0 Å². The summed E-state index contributed by atoms with van der Waals surface area (Å²) in [6.07, 6.45) is 7.69. The first-order valence-electron chi connectivity index (χ1n) is 14.1. The van der Waals surface area contributed by atoms with Crippen LogP contribution in [0.1, 0.15) is 77.3 Å². The van der Waals surface area contributed by atoms with Gasteiger partial charge in [-0.25, -0.2) is 9.57 Å². The summed E-state index contributed by atoms with van der Waals surface area (Å²) in [6.45, 7) is 12.9. The molecule has 0 fully saturated rings. The molecular formula is C30H42N3O2Si+. The maximum absolute atomic E-state index is 10.9. The predicted molar refractivity (Wildman–Crippen MR) is 151 cm³/mol. The number of carboxylic acid groups (broad SMARTS) is 1. The lowest BCUT2D eigenvalue weighted by atomic mass is 10.0. The van der Waals surface area contributed by atoms with E-state index in [1.807, 2.05) is 0 Å². The Labute approximate surface area is 216 Å². The van der Waals surface area contributed by atoms with Crippen molar-refractivity contribution in [3.05, 3.63) is 46.1 Å². The number of aryl methyl sites for hydroxylation is 2. The molecule has 5 rings (SSSR count). The Hall–Kier alpha value is -2.47. The molecule has 0 saturated heterocycles. The van der Waals surface area contributed by atoms with E-state index in [9.17, 15) is 4.79 Å². The molecule has 0 saturated carbocycles. The number of carboxylic acids is 1. The molecule has 0 bridgehead atoms. The van der Waals surface area contributed by atoms with E-state index in [2.05, 4.69) is 61.9 Å². The molecule has 0 aliphatic carbocycles. The van der Waals surface area contributed by atoms with E-state index in [0.717, 1.165) is 51.7 Å². The molecular weight excluding hydrogens is 462 g/mol. The standard InChI is InChI=1S/C30H41N3O2Si/c1-20(2)36(21(3)4)28-18-24-22(10-8-13-31-24)16-25(28)32-26-17-23-11-9-15-33(27(23)19-29(26)36)14-7-5-6-12-30(34)35/h16-21H,5-15H2,1-4H3,(H,34,35)/p+1. The molecule has 2 aromatic carbocycles. The predicted octanol–water partition coefficient (Wildman–Crippen LogP) is 3.77. The zero-order chi connectivity index (χ0) is 25.4. The lowest BCUT2D eigenvalue weighted by Gasteiger charge is -2.43. The van der Waals surface area contributed by atoms with Gasteiger partial charge in [-0.15, -0.1) is 0 Å². The van der Waals surface area contributed by atoms with Crippen molar-refractivity contribution >= 4 is 35.8 Å². The monoisotopic (exact) mass is 504 g/mol.